The van der Waals surface area contributed by atoms with E-state index in [2.05, 4.69) is 93.7 Å². The van der Waals surface area contributed by atoms with Gasteiger partial charge in [0.25, 0.3) is 0 Å². The predicted octanol–water partition coefficient (Wildman–Crippen LogP) is 16.6. The lowest BCUT2D eigenvalue weighted by Gasteiger charge is -2.18. The van der Waals surface area contributed by atoms with E-state index in [0.29, 0.717) is 19.3 Å². The minimum atomic E-state index is -0.802. The van der Waals surface area contributed by atoms with Gasteiger partial charge in [-0.3, -0.25) is 14.4 Å². The normalized spacial score (nSPS) is 12.9. The third kappa shape index (κ3) is 47.4. The summed E-state index contributed by atoms with van der Waals surface area (Å²) < 4.78 is 16.7. The molecule has 0 saturated heterocycles. The highest BCUT2D eigenvalue weighted by Gasteiger charge is 2.19. The van der Waals surface area contributed by atoms with Crippen LogP contribution in [0, 0.1) is 0 Å². The lowest BCUT2D eigenvalue weighted by Crippen LogP contribution is -2.30. The zero-order chi connectivity index (χ0) is 45.1. The minimum Gasteiger partial charge on any atom is -0.462 e. The fourth-order valence-corrected chi connectivity index (χ4v) is 6.61. The monoisotopic (exact) mass is 861 g/mol. The molecule has 0 spiro atoms. The Bertz CT molecular complexity index is 1260. The second-order valence-corrected chi connectivity index (χ2v) is 16.5. The Hall–Kier alpha value is -3.67. The highest BCUT2D eigenvalue weighted by atomic mass is 16.6. The van der Waals surface area contributed by atoms with Crippen molar-refractivity contribution in [1.82, 2.24) is 0 Å². The molecular weight excluding hydrogens is 769 g/mol. The molecule has 1 unspecified atom stereocenters. The number of rotatable bonds is 44. The topological polar surface area (TPSA) is 78.9 Å². The van der Waals surface area contributed by atoms with Crippen molar-refractivity contribution in [3.8, 4) is 0 Å². The molecule has 0 amide bonds. The number of unbranched alkanes of at least 4 members (excludes halogenated alkanes) is 22. The summed E-state index contributed by atoms with van der Waals surface area (Å²) in [5.41, 5.74) is 0. The molecule has 1 atom stereocenters. The number of carbonyl (C=O) groups is 3. The molecule has 6 nitrogen and oxygen atoms in total. The van der Waals surface area contributed by atoms with Crippen molar-refractivity contribution in [1.29, 1.82) is 0 Å². The second-order valence-electron chi connectivity index (χ2n) is 16.5. The van der Waals surface area contributed by atoms with Gasteiger partial charge in [-0.05, 0) is 83.5 Å². The van der Waals surface area contributed by atoms with E-state index in [1.165, 1.54) is 57.8 Å². The predicted molar refractivity (Wildman–Crippen MR) is 265 cm³/mol. The largest absolute Gasteiger partial charge is 0.462 e. The van der Waals surface area contributed by atoms with Crippen molar-refractivity contribution in [2.75, 3.05) is 13.2 Å². The Morgan fingerprint density at radius 3 is 1.08 bits per heavy atom. The molecule has 0 aliphatic carbocycles. The number of ether oxygens (including phenoxy) is 3. The first-order valence-corrected chi connectivity index (χ1v) is 25.3. The maximum atomic E-state index is 12.8. The van der Waals surface area contributed by atoms with Crippen LogP contribution in [-0.4, -0.2) is 37.2 Å². The number of carbonyl (C=O) groups excluding carboxylic acids is 3. The Kier molecular flexibility index (Phi) is 47.0. The first-order valence-electron chi connectivity index (χ1n) is 25.3. The molecule has 0 bridgehead atoms. The van der Waals surface area contributed by atoms with Gasteiger partial charge in [-0.2, -0.15) is 0 Å². The molecule has 0 aliphatic rings. The molecule has 0 aromatic rings. The van der Waals surface area contributed by atoms with Crippen LogP contribution in [-0.2, 0) is 28.6 Å². The zero-order valence-electron chi connectivity index (χ0n) is 40.1. The van der Waals surface area contributed by atoms with E-state index < -0.39 is 6.10 Å². The molecule has 0 radical (unpaired) electrons. The van der Waals surface area contributed by atoms with Crippen molar-refractivity contribution in [3.05, 3.63) is 97.2 Å². The van der Waals surface area contributed by atoms with Crippen LogP contribution in [0.2, 0.25) is 0 Å². The average Bonchev–Trinajstić information content (AvgIpc) is 3.27. The van der Waals surface area contributed by atoms with E-state index in [4.69, 9.17) is 14.2 Å². The van der Waals surface area contributed by atoms with Crippen LogP contribution in [0.1, 0.15) is 220 Å². The fraction of sp³-hybridized carbons (Fsp3) is 0.661. The molecule has 6 heteroatoms. The van der Waals surface area contributed by atoms with E-state index in [1.807, 2.05) is 24.3 Å². The molecule has 0 aromatic carbocycles. The Morgan fingerprint density at radius 2 is 0.661 bits per heavy atom. The van der Waals surface area contributed by atoms with Crippen LogP contribution in [0.5, 0.6) is 0 Å². The van der Waals surface area contributed by atoms with Crippen molar-refractivity contribution >= 4 is 17.9 Å². The van der Waals surface area contributed by atoms with E-state index in [0.717, 1.165) is 122 Å². The lowest BCUT2D eigenvalue weighted by atomic mass is 10.1. The van der Waals surface area contributed by atoms with Gasteiger partial charge < -0.3 is 14.2 Å². The van der Waals surface area contributed by atoms with Crippen LogP contribution >= 0.6 is 0 Å². The summed E-state index contributed by atoms with van der Waals surface area (Å²) in [7, 11) is 0. The average molecular weight is 861 g/mol. The fourth-order valence-electron chi connectivity index (χ4n) is 6.61. The minimum absolute atomic E-state index is 0.1000. The first-order chi connectivity index (χ1) is 30.5. The maximum absolute atomic E-state index is 12.8. The summed E-state index contributed by atoms with van der Waals surface area (Å²) in [6.07, 6.45) is 65.3. The number of allylic oxidation sites excluding steroid dienone is 16. The van der Waals surface area contributed by atoms with Gasteiger partial charge in [0.2, 0.25) is 0 Å². The Morgan fingerprint density at radius 1 is 0.339 bits per heavy atom. The van der Waals surface area contributed by atoms with E-state index in [-0.39, 0.29) is 31.1 Å². The number of esters is 3. The molecular formula is C56H92O6. The van der Waals surface area contributed by atoms with E-state index in [9.17, 15) is 14.4 Å². The van der Waals surface area contributed by atoms with Gasteiger partial charge in [0.1, 0.15) is 13.2 Å². The summed E-state index contributed by atoms with van der Waals surface area (Å²) >= 11 is 0. The van der Waals surface area contributed by atoms with E-state index >= 15 is 0 Å². The molecule has 0 heterocycles. The number of hydrogen-bond acceptors (Lipinski definition) is 6. The molecule has 0 rings (SSSR count). The van der Waals surface area contributed by atoms with Gasteiger partial charge in [-0.25, -0.2) is 0 Å². The first kappa shape index (κ1) is 58.3. The Balaban J connectivity index is 4.47. The summed E-state index contributed by atoms with van der Waals surface area (Å²) in [6.45, 7) is 6.39. The lowest BCUT2D eigenvalue weighted by molar-refractivity contribution is -0.167. The van der Waals surface area contributed by atoms with Crippen LogP contribution in [0.15, 0.2) is 97.2 Å². The van der Waals surface area contributed by atoms with Crippen LogP contribution in [0.25, 0.3) is 0 Å². The molecule has 352 valence electrons. The maximum Gasteiger partial charge on any atom is 0.306 e. The smallest absolute Gasteiger partial charge is 0.306 e. The highest BCUT2D eigenvalue weighted by Crippen LogP contribution is 2.13. The molecule has 0 fully saturated rings. The highest BCUT2D eigenvalue weighted by molar-refractivity contribution is 5.71. The van der Waals surface area contributed by atoms with Crippen LogP contribution < -0.4 is 0 Å². The quantitative estimate of drug-likeness (QED) is 0.0200. The molecule has 0 aliphatic heterocycles. The summed E-state index contributed by atoms with van der Waals surface area (Å²) in [4.78, 5) is 37.9. The van der Waals surface area contributed by atoms with Gasteiger partial charge >= 0.3 is 17.9 Å². The van der Waals surface area contributed by atoms with Crippen molar-refractivity contribution in [2.45, 2.75) is 226 Å². The molecule has 0 N–H and O–H groups in total. The standard InChI is InChI=1S/C56H92O6/c1-4-7-10-13-16-19-22-24-26-27-28-30-31-34-37-40-43-46-49-55(58)61-52-53(51-60-54(57)48-45-42-39-36-33-21-18-15-12-9-6-3)62-56(59)50-47-44-41-38-35-32-29-25-23-20-17-14-11-8-5-2/h8,11,14-15,17-18,20,22-30,53H,4-7,9-10,12-13,16,19,21,31-52H2,1-3H3/b11-8-,17-14-,18-15-,23-20-,24-22-,27-26-,29-25-,30-28-. The SMILES string of the molecule is CC\C=C/C=C\C=C/C=C\CCCCCCCC(=O)OC(COC(=O)CCCCCCC\C=C/C=C\C=C/CCCCCCC)COC(=O)CCCCCCC/C=C\CCCC. The summed E-state index contributed by atoms with van der Waals surface area (Å²) in [5.74, 6) is -0.958. The summed E-state index contributed by atoms with van der Waals surface area (Å²) in [5, 5.41) is 0. The molecule has 62 heavy (non-hydrogen) atoms. The molecule has 0 aromatic heterocycles. The second kappa shape index (κ2) is 50.0. The Labute approximate surface area is 381 Å². The van der Waals surface area contributed by atoms with Gasteiger partial charge in [-0.15, -0.1) is 0 Å². The van der Waals surface area contributed by atoms with Crippen molar-refractivity contribution in [2.24, 2.45) is 0 Å². The third-order valence-corrected chi connectivity index (χ3v) is 10.4. The zero-order valence-corrected chi connectivity index (χ0v) is 40.1. The van der Waals surface area contributed by atoms with Gasteiger partial charge in [-0.1, -0.05) is 214 Å². The van der Waals surface area contributed by atoms with Gasteiger partial charge in [0.05, 0.1) is 0 Å². The van der Waals surface area contributed by atoms with Crippen LogP contribution in [0.3, 0.4) is 0 Å². The van der Waals surface area contributed by atoms with Crippen LogP contribution in [0.4, 0.5) is 0 Å². The van der Waals surface area contributed by atoms with Crippen molar-refractivity contribution in [3.63, 3.8) is 0 Å². The van der Waals surface area contributed by atoms with Crippen molar-refractivity contribution < 1.29 is 28.6 Å². The summed E-state index contributed by atoms with van der Waals surface area (Å²) in [6, 6.07) is 0. The third-order valence-electron chi connectivity index (χ3n) is 10.4. The van der Waals surface area contributed by atoms with Gasteiger partial charge in [0.15, 0.2) is 6.10 Å². The number of hydrogen-bond donors (Lipinski definition) is 0. The van der Waals surface area contributed by atoms with Gasteiger partial charge in [0, 0.05) is 19.3 Å². The van der Waals surface area contributed by atoms with E-state index in [1.54, 1.807) is 0 Å². The molecule has 0 saturated carbocycles.